The normalized spacial score (nSPS) is 51.2. The van der Waals surface area contributed by atoms with Gasteiger partial charge in [0.05, 0.1) is 7.11 Å². The maximum absolute atomic E-state index is 11.0. The minimum atomic E-state index is -0.274. The van der Waals surface area contributed by atoms with Crippen LogP contribution in [0.1, 0.15) is 39.0 Å². The summed E-state index contributed by atoms with van der Waals surface area (Å²) >= 11 is 0. The fraction of sp³-hybridized carbons (Fsp3) is 0.708. The maximum atomic E-state index is 11.0. The quantitative estimate of drug-likeness (QED) is 0.265. The van der Waals surface area contributed by atoms with E-state index < -0.39 is 0 Å². The predicted molar refractivity (Wildman–Crippen MR) is 103 cm³/mol. The Morgan fingerprint density at radius 1 is 0.731 bits per heavy atom. The van der Waals surface area contributed by atoms with Gasteiger partial charge in [0.1, 0.15) is 0 Å². The number of hydrogen-bond acceptors (Lipinski definition) is 2. The van der Waals surface area contributed by atoms with Crippen molar-refractivity contribution in [1.82, 2.24) is 0 Å². The molecule has 5 aliphatic carbocycles. The summed E-state index contributed by atoms with van der Waals surface area (Å²) in [6.45, 7) is 2.37. The van der Waals surface area contributed by atoms with Crippen LogP contribution in [0.3, 0.4) is 0 Å². The average Bonchev–Trinajstić information content (AvgIpc) is 3.45. The summed E-state index contributed by atoms with van der Waals surface area (Å²) in [4.78, 5) is 11.0. The molecule has 0 radical (unpaired) electrons. The molecule has 5 fully saturated rings. The lowest BCUT2D eigenvalue weighted by molar-refractivity contribution is -0.134. The van der Waals surface area contributed by atoms with Crippen LogP contribution in [0.4, 0.5) is 0 Å². The molecule has 0 N–H and O–H groups in total. The topological polar surface area (TPSA) is 26.3 Å². The number of rotatable bonds is 8. The highest BCUT2D eigenvalue weighted by molar-refractivity contribution is 5.82. The highest BCUT2D eigenvalue weighted by Gasteiger charge is 2.63. The molecule has 0 aromatic heterocycles. The number of allylic oxidation sites excluding steroid dienone is 5. The minimum absolute atomic E-state index is 0.274. The molecule has 0 bridgehead atoms. The molecule has 0 aromatic carbocycles. The van der Waals surface area contributed by atoms with Crippen molar-refractivity contribution in [1.29, 1.82) is 0 Å². The van der Waals surface area contributed by atoms with Crippen molar-refractivity contribution in [2.75, 3.05) is 7.11 Å². The van der Waals surface area contributed by atoms with Gasteiger partial charge in [-0.2, -0.15) is 0 Å². The monoisotopic (exact) mass is 352 g/mol. The molecule has 0 saturated heterocycles. The van der Waals surface area contributed by atoms with Gasteiger partial charge in [0.2, 0.25) is 0 Å². The lowest BCUT2D eigenvalue weighted by Gasteiger charge is -1.98. The van der Waals surface area contributed by atoms with E-state index in [1.54, 1.807) is 0 Å². The summed E-state index contributed by atoms with van der Waals surface area (Å²) in [5.74, 6) is 9.52. The van der Waals surface area contributed by atoms with Crippen LogP contribution in [-0.4, -0.2) is 13.1 Å². The Morgan fingerprint density at radius 2 is 1.27 bits per heavy atom. The van der Waals surface area contributed by atoms with Crippen LogP contribution < -0.4 is 0 Å². The molecular formula is C24H32O2. The van der Waals surface area contributed by atoms with E-state index in [1.807, 2.05) is 12.2 Å². The zero-order valence-electron chi connectivity index (χ0n) is 16.1. The van der Waals surface area contributed by atoms with Gasteiger partial charge in [0.15, 0.2) is 0 Å². The largest absolute Gasteiger partial charge is 0.466 e. The fourth-order valence-electron chi connectivity index (χ4n) is 5.65. The van der Waals surface area contributed by atoms with Crippen LogP contribution in [0.15, 0.2) is 36.5 Å². The molecule has 2 heteroatoms. The second-order valence-electron chi connectivity index (χ2n) is 9.78. The van der Waals surface area contributed by atoms with Gasteiger partial charge in [-0.15, -0.1) is 0 Å². The molecule has 140 valence electrons. The van der Waals surface area contributed by atoms with E-state index in [-0.39, 0.29) is 5.97 Å². The molecule has 10 atom stereocenters. The highest BCUT2D eigenvalue weighted by Crippen LogP contribution is 2.70. The first-order chi connectivity index (χ1) is 12.7. The Bertz CT molecular complexity index is 659. The van der Waals surface area contributed by atoms with Gasteiger partial charge in [-0.25, -0.2) is 4.79 Å². The van der Waals surface area contributed by atoms with Gasteiger partial charge in [0, 0.05) is 6.08 Å². The first kappa shape index (κ1) is 16.8. The van der Waals surface area contributed by atoms with E-state index in [0.717, 1.165) is 59.2 Å². The maximum Gasteiger partial charge on any atom is 0.330 e. The lowest BCUT2D eigenvalue weighted by atomic mass is 10.1. The lowest BCUT2D eigenvalue weighted by Crippen LogP contribution is -1.94. The smallest absolute Gasteiger partial charge is 0.330 e. The zero-order chi connectivity index (χ0) is 17.8. The summed E-state index contributed by atoms with van der Waals surface area (Å²) in [5.41, 5.74) is 0. The Balaban J connectivity index is 1.01. The van der Waals surface area contributed by atoms with Crippen molar-refractivity contribution in [2.24, 2.45) is 59.2 Å². The number of methoxy groups -OCH3 is 1. The summed E-state index contributed by atoms with van der Waals surface area (Å²) in [7, 11) is 1.42. The molecule has 2 nitrogen and oxygen atoms in total. The van der Waals surface area contributed by atoms with Crippen LogP contribution in [0.25, 0.3) is 0 Å². The van der Waals surface area contributed by atoms with E-state index in [9.17, 15) is 4.79 Å². The predicted octanol–water partition coefficient (Wildman–Crippen LogP) is 5.03. The van der Waals surface area contributed by atoms with Gasteiger partial charge >= 0.3 is 5.97 Å². The first-order valence-corrected chi connectivity index (χ1v) is 10.8. The van der Waals surface area contributed by atoms with Crippen molar-refractivity contribution >= 4 is 5.97 Å². The summed E-state index contributed by atoms with van der Waals surface area (Å²) in [5, 5.41) is 0. The van der Waals surface area contributed by atoms with Gasteiger partial charge in [-0.3, -0.25) is 0 Å². The summed E-state index contributed by atoms with van der Waals surface area (Å²) in [6.07, 6.45) is 20.0. The second-order valence-corrected chi connectivity index (χ2v) is 9.78. The van der Waals surface area contributed by atoms with E-state index in [2.05, 4.69) is 29.9 Å². The van der Waals surface area contributed by atoms with E-state index in [1.165, 1.54) is 45.3 Å². The van der Waals surface area contributed by atoms with Crippen molar-refractivity contribution in [3.63, 3.8) is 0 Å². The number of ether oxygens (including phenoxy) is 1. The molecule has 0 spiro atoms. The van der Waals surface area contributed by atoms with E-state index >= 15 is 0 Å². The summed E-state index contributed by atoms with van der Waals surface area (Å²) < 4.78 is 4.60. The minimum Gasteiger partial charge on any atom is -0.466 e. The van der Waals surface area contributed by atoms with Gasteiger partial charge in [-0.1, -0.05) is 37.3 Å². The molecule has 0 amide bonds. The van der Waals surface area contributed by atoms with E-state index in [4.69, 9.17) is 0 Å². The van der Waals surface area contributed by atoms with Gasteiger partial charge in [-0.05, 0) is 91.3 Å². The Morgan fingerprint density at radius 3 is 1.85 bits per heavy atom. The van der Waals surface area contributed by atoms with Crippen LogP contribution in [0, 0.1) is 59.2 Å². The molecule has 0 aliphatic heterocycles. The van der Waals surface area contributed by atoms with E-state index in [0.29, 0.717) is 0 Å². The molecular weight excluding hydrogens is 320 g/mol. The third-order valence-electron chi connectivity index (χ3n) is 7.89. The number of carbonyl (C=O) groups excluding carboxylic acids is 1. The second kappa shape index (κ2) is 6.39. The fourth-order valence-corrected chi connectivity index (χ4v) is 5.65. The zero-order valence-corrected chi connectivity index (χ0v) is 16.1. The van der Waals surface area contributed by atoms with Crippen LogP contribution in [0.5, 0.6) is 0 Å². The highest BCUT2D eigenvalue weighted by atomic mass is 16.5. The first-order valence-electron chi connectivity index (χ1n) is 10.8. The van der Waals surface area contributed by atoms with Crippen molar-refractivity contribution in [3.05, 3.63) is 36.5 Å². The summed E-state index contributed by atoms with van der Waals surface area (Å²) in [6, 6.07) is 0. The van der Waals surface area contributed by atoms with Crippen molar-refractivity contribution in [2.45, 2.75) is 39.0 Å². The molecule has 26 heavy (non-hydrogen) atoms. The Labute approximate surface area is 157 Å². The molecule has 0 heterocycles. The van der Waals surface area contributed by atoms with Crippen LogP contribution in [-0.2, 0) is 9.53 Å². The van der Waals surface area contributed by atoms with Crippen molar-refractivity contribution in [3.8, 4) is 0 Å². The van der Waals surface area contributed by atoms with Gasteiger partial charge in [0.25, 0.3) is 0 Å². The Kier molecular flexibility index (Phi) is 4.14. The number of esters is 1. The molecule has 5 rings (SSSR count). The molecule has 5 saturated carbocycles. The molecule has 5 aliphatic rings. The third kappa shape index (κ3) is 3.57. The van der Waals surface area contributed by atoms with Crippen LogP contribution in [0.2, 0.25) is 0 Å². The SMILES string of the molecule is COC(=O)/C=C/C=C/[C@@H]1C[C@H]1[C@@H]1C[C@H]1[C@@H]1C[C@H]1[C@@H]1C[C@H]1/C=C/[C@@H]1C[C@H]1C. The van der Waals surface area contributed by atoms with Crippen molar-refractivity contribution < 1.29 is 9.53 Å². The van der Waals surface area contributed by atoms with Gasteiger partial charge < -0.3 is 4.74 Å². The molecule has 0 unspecified atom stereocenters. The Hall–Kier alpha value is -1.31. The number of carbonyl (C=O) groups is 1. The average molecular weight is 353 g/mol. The number of hydrogen-bond donors (Lipinski definition) is 0. The standard InChI is InChI=1S/C24H32O2/c1-14-9-15(14)7-8-17-11-19(17)21-13-23(21)22-12-20(22)18-10-16(18)5-3-4-6-24(25)26-2/h3-8,14-23H,9-13H2,1-2H3/b5-3+,6-4+,8-7+/t14-,15-,16-,17-,18-,19-,20+,21+,22-,23-/m1/s1. The third-order valence-corrected chi connectivity index (χ3v) is 7.89. The van der Waals surface area contributed by atoms with Crippen LogP contribution >= 0.6 is 0 Å². The molecule has 0 aromatic rings.